The Labute approximate surface area is 118 Å². The maximum Gasteiger partial charge on any atom is 0.276 e. The van der Waals surface area contributed by atoms with Gasteiger partial charge in [-0.1, -0.05) is 5.16 Å². The fourth-order valence-electron chi connectivity index (χ4n) is 2.08. The summed E-state index contributed by atoms with van der Waals surface area (Å²) in [6.45, 7) is 5.90. The SMILES string of the molecule is COCc1cc(C(=O)N2CC(C)NCC2C)no1.Cl. The molecule has 1 N–H and O–H groups in total. The molecule has 0 radical (unpaired) electrons. The lowest BCUT2D eigenvalue weighted by molar-refractivity contribution is 0.0605. The number of piperazine rings is 1. The predicted molar refractivity (Wildman–Crippen MR) is 72.4 cm³/mol. The number of methoxy groups -OCH3 is 1. The number of halogens is 1. The van der Waals surface area contributed by atoms with Gasteiger partial charge in [-0.3, -0.25) is 4.79 Å². The largest absolute Gasteiger partial charge is 0.377 e. The Morgan fingerprint density at radius 1 is 1.63 bits per heavy atom. The minimum absolute atomic E-state index is 0. The zero-order chi connectivity index (χ0) is 13.1. The average molecular weight is 290 g/mol. The third-order valence-electron chi connectivity index (χ3n) is 3.09. The Balaban J connectivity index is 0.00000180. The van der Waals surface area contributed by atoms with E-state index in [0.717, 1.165) is 6.54 Å². The topological polar surface area (TPSA) is 67.6 Å². The van der Waals surface area contributed by atoms with Crippen molar-refractivity contribution in [2.75, 3.05) is 20.2 Å². The van der Waals surface area contributed by atoms with Gasteiger partial charge in [0.1, 0.15) is 6.61 Å². The molecule has 0 aromatic carbocycles. The van der Waals surface area contributed by atoms with Crippen LogP contribution in [0.4, 0.5) is 0 Å². The van der Waals surface area contributed by atoms with Gasteiger partial charge in [-0.25, -0.2) is 0 Å². The van der Waals surface area contributed by atoms with Gasteiger partial charge in [0.05, 0.1) is 0 Å². The number of carbonyl (C=O) groups is 1. The second-order valence-corrected chi connectivity index (χ2v) is 4.73. The van der Waals surface area contributed by atoms with Crippen molar-refractivity contribution in [2.45, 2.75) is 32.5 Å². The first kappa shape index (κ1) is 15.9. The molecular formula is C12H20ClN3O3. The van der Waals surface area contributed by atoms with Crippen LogP contribution in [-0.4, -0.2) is 48.2 Å². The number of ether oxygens (including phenoxy) is 1. The number of amides is 1. The van der Waals surface area contributed by atoms with Gasteiger partial charge in [-0.05, 0) is 13.8 Å². The molecule has 1 aliphatic heterocycles. The summed E-state index contributed by atoms with van der Waals surface area (Å²) in [6, 6.07) is 2.11. The minimum Gasteiger partial charge on any atom is -0.377 e. The summed E-state index contributed by atoms with van der Waals surface area (Å²) in [5.74, 6) is 0.485. The van der Waals surface area contributed by atoms with Crippen molar-refractivity contribution in [1.29, 1.82) is 0 Å². The van der Waals surface area contributed by atoms with Crippen LogP contribution in [0.5, 0.6) is 0 Å². The van der Waals surface area contributed by atoms with E-state index in [-0.39, 0.29) is 24.4 Å². The van der Waals surface area contributed by atoms with Crippen LogP contribution >= 0.6 is 12.4 Å². The van der Waals surface area contributed by atoms with Gasteiger partial charge >= 0.3 is 0 Å². The molecule has 0 saturated carbocycles. The van der Waals surface area contributed by atoms with Gasteiger partial charge in [0, 0.05) is 38.3 Å². The Morgan fingerprint density at radius 2 is 2.37 bits per heavy atom. The zero-order valence-electron chi connectivity index (χ0n) is 11.4. The lowest BCUT2D eigenvalue weighted by Gasteiger charge is -2.37. The summed E-state index contributed by atoms with van der Waals surface area (Å²) in [5, 5.41) is 7.14. The van der Waals surface area contributed by atoms with Crippen molar-refractivity contribution >= 4 is 18.3 Å². The van der Waals surface area contributed by atoms with E-state index in [1.807, 2.05) is 11.8 Å². The molecule has 7 heteroatoms. The van der Waals surface area contributed by atoms with Crippen LogP contribution in [0, 0.1) is 0 Å². The number of hydrogen-bond donors (Lipinski definition) is 1. The second kappa shape index (κ2) is 6.88. The van der Waals surface area contributed by atoms with Gasteiger partial charge in [0.2, 0.25) is 0 Å². The third kappa shape index (κ3) is 3.68. The van der Waals surface area contributed by atoms with Gasteiger partial charge in [-0.15, -0.1) is 12.4 Å². The van der Waals surface area contributed by atoms with E-state index < -0.39 is 0 Å². The van der Waals surface area contributed by atoms with Crippen molar-refractivity contribution in [1.82, 2.24) is 15.4 Å². The van der Waals surface area contributed by atoms with E-state index in [1.54, 1.807) is 13.2 Å². The summed E-state index contributed by atoms with van der Waals surface area (Å²) in [6.07, 6.45) is 0. The number of hydrogen-bond acceptors (Lipinski definition) is 5. The van der Waals surface area contributed by atoms with Crippen molar-refractivity contribution in [3.63, 3.8) is 0 Å². The number of nitrogens with one attached hydrogen (secondary N) is 1. The molecule has 6 nitrogen and oxygen atoms in total. The molecular weight excluding hydrogens is 270 g/mol. The Morgan fingerprint density at radius 3 is 3.05 bits per heavy atom. The second-order valence-electron chi connectivity index (χ2n) is 4.73. The highest BCUT2D eigenvalue weighted by Crippen LogP contribution is 2.13. The Kier molecular flexibility index (Phi) is 5.78. The van der Waals surface area contributed by atoms with Crippen LogP contribution in [0.25, 0.3) is 0 Å². The van der Waals surface area contributed by atoms with Crippen LogP contribution in [-0.2, 0) is 11.3 Å². The highest BCUT2D eigenvalue weighted by Gasteiger charge is 2.29. The number of carbonyl (C=O) groups excluding carboxylic acids is 1. The highest BCUT2D eigenvalue weighted by atomic mass is 35.5. The summed E-state index contributed by atoms with van der Waals surface area (Å²) in [7, 11) is 1.57. The van der Waals surface area contributed by atoms with Gasteiger partial charge in [0.15, 0.2) is 11.5 Å². The lowest BCUT2D eigenvalue weighted by Crippen LogP contribution is -2.56. The van der Waals surface area contributed by atoms with E-state index in [2.05, 4.69) is 17.4 Å². The summed E-state index contributed by atoms with van der Waals surface area (Å²) in [4.78, 5) is 14.1. The van der Waals surface area contributed by atoms with E-state index in [1.165, 1.54) is 0 Å². The van der Waals surface area contributed by atoms with Gasteiger partial charge < -0.3 is 19.5 Å². The molecule has 0 bridgehead atoms. The first-order valence-corrected chi connectivity index (χ1v) is 6.10. The standard InChI is InChI=1S/C12H19N3O3.ClH/c1-8-6-15(9(2)5-13-8)12(16)11-4-10(7-17-3)18-14-11;/h4,8-9,13H,5-7H2,1-3H3;1H. The van der Waals surface area contributed by atoms with Crippen LogP contribution < -0.4 is 5.32 Å². The molecule has 0 aliphatic carbocycles. The summed E-state index contributed by atoms with van der Waals surface area (Å²) >= 11 is 0. The fraction of sp³-hybridized carbons (Fsp3) is 0.667. The molecule has 2 heterocycles. The van der Waals surface area contributed by atoms with Crippen LogP contribution in [0.1, 0.15) is 30.1 Å². The van der Waals surface area contributed by atoms with E-state index in [4.69, 9.17) is 9.26 Å². The number of rotatable bonds is 3. The van der Waals surface area contributed by atoms with Gasteiger partial charge in [0.25, 0.3) is 5.91 Å². The van der Waals surface area contributed by atoms with Crippen molar-refractivity contribution in [3.05, 3.63) is 17.5 Å². The average Bonchev–Trinajstić information content (AvgIpc) is 2.80. The summed E-state index contributed by atoms with van der Waals surface area (Å²) in [5.41, 5.74) is 0.350. The molecule has 1 aromatic heterocycles. The monoisotopic (exact) mass is 289 g/mol. The predicted octanol–water partition coefficient (Wildman–Crippen LogP) is 1.07. The Bertz CT molecular complexity index is 424. The first-order chi connectivity index (χ1) is 8.61. The molecule has 0 spiro atoms. The molecule has 2 unspecified atom stereocenters. The van der Waals surface area contributed by atoms with Crippen LogP contribution in [0.2, 0.25) is 0 Å². The number of nitrogens with zero attached hydrogens (tertiary/aromatic N) is 2. The minimum atomic E-state index is -0.0815. The molecule has 1 aromatic rings. The maximum absolute atomic E-state index is 12.3. The van der Waals surface area contributed by atoms with E-state index in [0.29, 0.717) is 30.6 Å². The summed E-state index contributed by atoms with van der Waals surface area (Å²) < 4.78 is 9.98. The van der Waals surface area contributed by atoms with E-state index >= 15 is 0 Å². The smallest absolute Gasteiger partial charge is 0.276 e. The first-order valence-electron chi connectivity index (χ1n) is 6.10. The van der Waals surface area contributed by atoms with Gasteiger partial charge in [-0.2, -0.15) is 0 Å². The quantitative estimate of drug-likeness (QED) is 0.901. The lowest BCUT2D eigenvalue weighted by atomic mass is 10.1. The van der Waals surface area contributed by atoms with E-state index in [9.17, 15) is 4.79 Å². The number of aromatic nitrogens is 1. The molecule has 1 saturated heterocycles. The van der Waals surface area contributed by atoms with Crippen molar-refractivity contribution in [2.24, 2.45) is 0 Å². The molecule has 2 atom stereocenters. The molecule has 1 aliphatic rings. The van der Waals surface area contributed by atoms with Crippen LogP contribution in [0.15, 0.2) is 10.6 Å². The third-order valence-corrected chi connectivity index (χ3v) is 3.09. The molecule has 1 fully saturated rings. The molecule has 2 rings (SSSR count). The maximum atomic E-state index is 12.3. The normalized spacial score (nSPS) is 23.0. The Hall–Kier alpha value is -1.11. The van der Waals surface area contributed by atoms with Crippen LogP contribution in [0.3, 0.4) is 0 Å². The van der Waals surface area contributed by atoms with Crippen molar-refractivity contribution < 1.29 is 14.1 Å². The molecule has 19 heavy (non-hydrogen) atoms. The molecule has 108 valence electrons. The highest BCUT2D eigenvalue weighted by molar-refractivity contribution is 5.92. The fourth-order valence-corrected chi connectivity index (χ4v) is 2.08. The molecule has 1 amide bonds. The van der Waals surface area contributed by atoms with Crippen molar-refractivity contribution in [3.8, 4) is 0 Å². The zero-order valence-corrected chi connectivity index (χ0v) is 12.2.